The maximum Gasteiger partial charge on any atom is 0.249 e. The fourth-order valence-corrected chi connectivity index (χ4v) is 7.81. The number of hydrogen-bond acceptors (Lipinski definition) is 9. The lowest BCUT2D eigenvalue weighted by Crippen LogP contribution is -2.45. The Morgan fingerprint density at radius 2 is 1.93 bits per heavy atom. The van der Waals surface area contributed by atoms with Crippen molar-refractivity contribution in [2.45, 2.75) is 44.0 Å². The van der Waals surface area contributed by atoms with Crippen LogP contribution in [0.2, 0.25) is 0 Å². The van der Waals surface area contributed by atoms with E-state index in [0.717, 1.165) is 44.5 Å². The van der Waals surface area contributed by atoms with Crippen molar-refractivity contribution in [1.82, 2.24) is 20.3 Å². The van der Waals surface area contributed by atoms with Crippen molar-refractivity contribution in [1.29, 1.82) is 0 Å². The normalized spacial score (nSPS) is 23.3. The van der Waals surface area contributed by atoms with E-state index in [1.54, 1.807) is 12.3 Å². The van der Waals surface area contributed by atoms with Gasteiger partial charge in [0.1, 0.15) is 23.0 Å². The highest BCUT2D eigenvalue weighted by molar-refractivity contribution is 6.09. The number of anilines is 1. The van der Waals surface area contributed by atoms with Crippen LogP contribution in [-0.4, -0.2) is 38.2 Å². The molecule has 7 heterocycles. The summed E-state index contributed by atoms with van der Waals surface area (Å²) in [5.41, 5.74) is 12.7. The number of carbonyl (C=O) groups excluding carboxylic acids is 1. The number of ether oxygens (including phenoxy) is 1. The molecule has 1 amide bonds. The number of para-hydroxylation sites is 1. The molecule has 11 nitrogen and oxygen atoms in total. The van der Waals surface area contributed by atoms with E-state index in [1.807, 2.05) is 44.3 Å². The Balaban J connectivity index is 1.39. The second kappa shape index (κ2) is 8.58. The van der Waals surface area contributed by atoms with E-state index in [0.29, 0.717) is 40.8 Å². The molecule has 10 rings (SSSR count). The average molecular weight is 613 g/mol. The zero-order valence-corrected chi connectivity index (χ0v) is 24.8. The molecular formula is C35H28N6O5. The molecule has 0 aliphatic carbocycles. The molecular weight excluding hydrogens is 584 g/mol. The molecule has 4 unspecified atom stereocenters. The summed E-state index contributed by atoms with van der Waals surface area (Å²) in [6.45, 7) is 4.00. The molecule has 10 bridgehead atoms. The summed E-state index contributed by atoms with van der Waals surface area (Å²) in [4.78, 5) is 26.4. The number of oxazole rings is 2. The number of phenolic OH excluding ortho intramolecular Hbond substituents is 1. The standard InChI is InChI=1S/C35H28N6O5/c1-14(2)26-33-40-29-30(46-33)35-19-5-3-4-17(16-7-8-22(42)28-25(16)18(12-37-28)24-13-38-32(29)44-24)27(19)41-34(35)45-23-9-6-15(10-20(23)35)11-21(36)31(43)39-26/h3-10,12-14,21,26,34,37,41-42H,11,36H2,1-2H3,(H,39,43). The fraction of sp³-hybridized carbons (Fsp3) is 0.229. The number of nitrogens with zero attached hydrogens (tertiary/aromatic N) is 2. The first-order valence-corrected chi connectivity index (χ1v) is 15.4. The first-order chi connectivity index (χ1) is 22.3. The fourth-order valence-electron chi connectivity index (χ4n) is 7.81. The Morgan fingerprint density at radius 1 is 1.04 bits per heavy atom. The number of nitrogens with two attached hydrogens (primary N) is 1. The van der Waals surface area contributed by atoms with Gasteiger partial charge in [0.15, 0.2) is 23.4 Å². The van der Waals surface area contributed by atoms with Crippen LogP contribution in [0.4, 0.5) is 5.69 Å². The minimum absolute atomic E-state index is 0.0712. The monoisotopic (exact) mass is 612 g/mol. The van der Waals surface area contributed by atoms with Crippen LogP contribution in [-0.2, 0) is 16.6 Å². The molecule has 228 valence electrons. The molecule has 1 spiro atoms. The van der Waals surface area contributed by atoms with Crippen LogP contribution in [0.1, 0.15) is 48.2 Å². The average Bonchev–Trinajstić information content (AvgIpc) is 3.85. The minimum atomic E-state index is -1.00. The summed E-state index contributed by atoms with van der Waals surface area (Å²) in [5.74, 6) is 2.07. The quantitative estimate of drug-likeness (QED) is 0.165. The topological polar surface area (TPSA) is 164 Å². The van der Waals surface area contributed by atoms with E-state index in [1.165, 1.54) is 0 Å². The highest BCUT2D eigenvalue weighted by Gasteiger charge is 2.61. The highest BCUT2D eigenvalue weighted by Crippen LogP contribution is 2.61. The number of aromatic nitrogens is 3. The number of amides is 1. The molecule has 4 atom stereocenters. The number of aromatic hydroxyl groups is 1. The predicted molar refractivity (Wildman–Crippen MR) is 168 cm³/mol. The molecule has 4 aliphatic heterocycles. The summed E-state index contributed by atoms with van der Waals surface area (Å²) in [6.07, 6.45) is 3.22. The van der Waals surface area contributed by atoms with E-state index >= 15 is 0 Å². The second-order valence-corrected chi connectivity index (χ2v) is 12.9. The lowest BCUT2D eigenvalue weighted by Gasteiger charge is -2.28. The molecule has 3 aromatic heterocycles. The summed E-state index contributed by atoms with van der Waals surface area (Å²) in [5, 5.41) is 18.5. The van der Waals surface area contributed by atoms with E-state index in [9.17, 15) is 9.90 Å². The summed E-state index contributed by atoms with van der Waals surface area (Å²) < 4.78 is 20.2. The molecule has 0 saturated carbocycles. The third-order valence-electron chi connectivity index (χ3n) is 9.97. The van der Waals surface area contributed by atoms with Crippen molar-refractivity contribution in [3.63, 3.8) is 0 Å². The van der Waals surface area contributed by atoms with Gasteiger partial charge in [-0.25, -0.2) is 9.97 Å². The Labute approximate surface area is 261 Å². The van der Waals surface area contributed by atoms with Gasteiger partial charge in [-0.05, 0) is 41.7 Å². The Morgan fingerprint density at radius 3 is 2.80 bits per heavy atom. The first kappa shape index (κ1) is 25.7. The van der Waals surface area contributed by atoms with E-state index < -0.39 is 23.7 Å². The number of H-pyrrole nitrogens is 1. The van der Waals surface area contributed by atoms with E-state index in [-0.39, 0.29) is 23.5 Å². The lowest BCUT2D eigenvalue weighted by molar-refractivity contribution is -0.123. The van der Waals surface area contributed by atoms with Gasteiger partial charge in [-0.15, -0.1) is 0 Å². The maximum atomic E-state index is 13.4. The number of carbonyl (C=O) groups is 1. The smallest absolute Gasteiger partial charge is 0.249 e. The van der Waals surface area contributed by atoms with Gasteiger partial charge in [0.2, 0.25) is 17.7 Å². The van der Waals surface area contributed by atoms with Gasteiger partial charge < -0.3 is 40.0 Å². The van der Waals surface area contributed by atoms with Crippen molar-refractivity contribution in [2.75, 3.05) is 5.32 Å². The van der Waals surface area contributed by atoms with Crippen molar-refractivity contribution in [2.24, 2.45) is 11.7 Å². The van der Waals surface area contributed by atoms with Crippen LogP contribution in [0, 0.1) is 5.92 Å². The third kappa shape index (κ3) is 3.07. The first-order valence-electron chi connectivity index (χ1n) is 15.4. The van der Waals surface area contributed by atoms with Crippen LogP contribution in [0.15, 0.2) is 69.8 Å². The number of rotatable bonds is 1. The molecule has 6 N–H and O–H groups in total. The Bertz CT molecular complexity index is 2300. The number of phenols is 1. The second-order valence-electron chi connectivity index (χ2n) is 12.9. The predicted octanol–water partition coefficient (Wildman–Crippen LogP) is 5.34. The maximum absolute atomic E-state index is 13.4. The van der Waals surface area contributed by atoms with Crippen molar-refractivity contribution >= 4 is 22.5 Å². The van der Waals surface area contributed by atoms with E-state index in [4.69, 9.17) is 29.3 Å². The number of nitrogens with one attached hydrogen (secondary N) is 3. The number of fused-ring (bicyclic) bond motifs is 7. The van der Waals surface area contributed by atoms with Gasteiger partial charge in [-0.2, -0.15) is 0 Å². The zero-order chi connectivity index (χ0) is 31.1. The van der Waals surface area contributed by atoms with Gasteiger partial charge in [-0.3, -0.25) is 4.79 Å². The largest absolute Gasteiger partial charge is 0.506 e. The summed E-state index contributed by atoms with van der Waals surface area (Å²) >= 11 is 0. The third-order valence-corrected chi connectivity index (χ3v) is 9.97. The number of hydrogen-bond donors (Lipinski definition) is 5. The van der Waals surface area contributed by atoms with Gasteiger partial charge in [0, 0.05) is 39.5 Å². The minimum Gasteiger partial charge on any atom is -0.506 e. The summed E-state index contributed by atoms with van der Waals surface area (Å²) in [7, 11) is 0. The zero-order valence-electron chi connectivity index (χ0n) is 24.8. The van der Waals surface area contributed by atoms with E-state index in [2.05, 4.69) is 33.8 Å². The summed E-state index contributed by atoms with van der Waals surface area (Å²) in [6, 6.07) is 14.4. The number of aromatic amines is 1. The van der Waals surface area contributed by atoms with Crippen molar-refractivity contribution < 1.29 is 23.5 Å². The van der Waals surface area contributed by atoms with Gasteiger partial charge in [0.05, 0.1) is 17.8 Å². The Hall–Kier alpha value is -5.55. The molecule has 0 saturated heterocycles. The molecule has 11 heteroatoms. The van der Waals surface area contributed by atoms with Crippen LogP contribution in [0.5, 0.6) is 11.5 Å². The SMILES string of the molecule is CC(C)C1NC(=O)C(N)Cc2ccc3c(c2)C24c5cccc(c5NC2O3)-c2ccc(O)c3[nH]cc(c23)-c2cnc(o2)-c2nc1oc24. The molecule has 3 aromatic carbocycles. The number of benzene rings is 3. The van der Waals surface area contributed by atoms with Gasteiger partial charge >= 0.3 is 0 Å². The van der Waals surface area contributed by atoms with Crippen LogP contribution < -0.4 is 21.1 Å². The van der Waals surface area contributed by atoms with Crippen molar-refractivity contribution in [3.05, 3.63) is 89.3 Å². The Kier molecular flexibility index (Phi) is 4.80. The molecule has 0 fully saturated rings. The van der Waals surface area contributed by atoms with Crippen molar-refractivity contribution in [3.8, 4) is 45.5 Å². The van der Waals surface area contributed by atoms with Gasteiger partial charge in [0.25, 0.3) is 0 Å². The molecule has 46 heavy (non-hydrogen) atoms. The van der Waals surface area contributed by atoms with Gasteiger partial charge in [-0.1, -0.05) is 44.2 Å². The molecule has 6 aromatic rings. The van der Waals surface area contributed by atoms with Crippen LogP contribution in [0.3, 0.4) is 0 Å². The molecule has 0 radical (unpaired) electrons. The van der Waals surface area contributed by atoms with Crippen LogP contribution >= 0.6 is 0 Å². The highest BCUT2D eigenvalue weighted by atomic mass is 16.5. The lowest BCUT2D eigenvalue weighted by atomic mass is 9.72. The van der Waals surface area contributed by atoms with Crippen LogP contribution in [0.25, 0.3) is 44.9 Å². The molecule has 4 aliphatic rings.